The molecule has 0 atom stereocenters. The van der Waals surface area contributed by atoms with Gasteiger partial charge in [-0.05, 0) is 17.7 Å². The summed E-state index contributed by atoms with van der Waals surface area (Å²) in [5, 5.41) is 13.7. The summed E-state index contributed by atoms with van der Waals surface area (Å²) < 4.78 is 4.98. The molecule has 0 saturated carbocycles. The molecule has 92 valence electrons. The van der Waals surface area contributed by atoms with Gasteiger partial charge >= 0.3 is 0 Å². The van der Waals surface area contributed by atoms with Gasteiger partial charge in [-0.1, -0.05) is 17.3 Å². The van der Waals surface area contributed by atoms with E-state index in [9.17, 15) is 4.79 Å². The fourth-order valence-electron chi connectivity index (χ4n) is 1.31. The molecule has 1 rings (SSSR count). The van der Waals surface area contributed by atoms with Gasteiger partial charge in [-0.15, -0.1) is 0 Å². The smallest absolute Gasteiger partial charge is 0.232 e. The lowest BCUT2D eigenvalue weighted by Crippen LogP contribution is -2.22. The number of benzene rings is 1. The van der Waals surface area contributed by atoms with Gasteiger partial charge < -0.3 is 21.0 Å². The van der Waals surface area contributed by atoms with Crippen LogP contribution in [0, 0.1) is 0 Å². The summed E-state index contributed by atoms with van der Waals surface area (Å²) >= 11 is 0. The monoisotopic (exact) mass is 237 g/mol. The second kappa shape index (κ2) is 6.49. The number of anilines is 1. The predicted octanol–water partition coefficient (Wildman–Crippen LogP) is 0.908. The maximum absolute atomic E-state index is 11.4. The van der Waals surface area contributed by atoms with Gasteiger partial charge in [0.15, 0.2) is 0 Å². The molecule has 0 heterocycles. The molecule has 4 N–H and O–H groups in total. The van der Waals surface area contributed by atoms with Crippen LogP contribution in [0.25, 0.3) is 0 Å². The molecule has 0 unspecified atom stereocenters. The average Bonchev–Trinajstić information content (AvgIpc) is 2.29. The molecule has 0 saturated heterocycles. The van der Waals surface area contributed by atoms with Crippen molar-refractivity contribution in [3.63, 3.8) is 0 Å². The molecule has 0 fully saturated rings. The van der Waals surface area contributed by atoms with Crippen LogP contribution in [0.15, 0.2) is 29.4 Å². The van der Waals surface area contributed by atoms with Gasteiger partial charge in [0.1, 0.15) is 5.84 Å². The summed E-state index contributed by atoms with van der Waals surface area (Å²) in [6.45, 7) is 0.476. The Hall–Kier alpha value is -2.08. The number of amides is 1. The molecule has 0 radical (unpaired) electrons. The maximum atomic E-state index is 11.4. The minimum Gasteiger partial charge on any atom is -0.409 e. The Morgan fingerprint density at radius 1 is 1.59 bits per heavy atom. The second-order valence-electron chi connectivity index (χ2n) is 3.45. The first-order chi connectivity index (χ1) is 8.15. The molecule has 0 bridgehead atoms. The van der Waals surface area contributed by atoms with Crippen molar-refractivity contribution in [2.24, 2.45) is 10.9 Å². The molecule has 0 aliphatic rings. The third kappa shape index (κ3) is 4.52. The highest BCUT2D eigenvalue weighted by Crippen LogP contribution is 2.11. The van der Waals surface area contributed by atoms with Crippen LogP contribution in [0.3, 0.4) is 0 Å². The Morgan fingerprint density at radius 2 is 2.35 bits per heavy atom. The number of methoxy groups -OCH3 is 1. The number of nitrogens with zero attached hydrogens (tertiary/aromatic N) is 1. The highest BCUT2D eigenvalue weighted by Gasteiger charge is 2.05. The fourth-order valence-corrected chi connectivity index (χ4v) is 1.31. The number of rotatable bonds is 5. The van der Waals surface area contributed by atoms with E-state index in [4.69, 9.17) is 15.7 Å². The van der Waals surface area contributed by atoms with E-state index in [0.29, 0.717) is 12.3 Å². The van der Waals surface area contributed by atoms with Gasteiger partial charge in [0.05, 0.1) is 13.0 Å². The van der Waals surface area contributed by atoms with Crippen LogP contribution >= 0.6 is 0 Å². The molecule has 1 aromatic carbocycles. The highest BCUT2D eigenvalue weighted by molar-refractivity contribution is 6.04. The molecule has 0 aliphatic carbocycles. The van der Waals surface area contributed by atoms with E-state index in [-0.39, 0.29) is 18.2 Å². The van der Waals surface area contributed by atoms with Crippen LogP contribution in [-0.2, 0) is 16.1 Å². The zero-order chi connectivity index (χ0) is 12.7. The van der Waals surface area contributed by atoms with E-state index in [0.717, 1.165) is 5.56 Å². The largest absolute Gasteiger partial charge is 0.409 e. The molecule has 1 amide bonds. The molecule has 1 aromatic rings. The summed E-state index contributed by atoms with van der Waals surface area (Å²) in [6.07, 6.45) is -0.148. The zero-order valence-corrected chi connectivity index (χ0v) is 9.51. The molecule has 17 heavy (non-hydrogen) atoms. The summed E-state index contributed by atoms with van der Waals surface area (Å²) in [6, 6.07) is 7.26. The fraction of sp³-hybridized carbons (Fsp3) is 0.273. The minimum atomic E-state index is -0.338. The molecular formula is C11H15N3O3. The van der Waals surface area contributed by atoms with Crippen molar-refractivity contribution in [2.45, 2.75) is 13.0 Å². The van der Waals surface area contributed by atoms with Crippen molar-refractivity contribution < 1.29 is 14.7 Å². The number of ether oxygens (including phenoxy) is 1. The summed E-state index contributed by atoms with van der Waals surface area (Å²) in [5.74, 6) is -0.467. The van der Waals surface area contributed by atoms with Crippen LogP contribution in [0.2, 0.25) is 0 Å². The normalized spacial score (nSPS) is 11.2. The topological polar surface area (TPSA) is 96.9 Å². The Kier molecular flexibility index (Phi) is 4.96. The predicted molar refractivity (Wildman–Crippen MR) is 63.8 cm³/mol. The number of hydrogen-bond acceptors (Lipinski definition) is 4. The van der Waals surface area contributed by atoms with Gasteiger partial charge in [-0.25, -0.2) is 0 Å². The maximum Gasteiger partial charge on any atom is 0.232 e. The van der Waals surface area contributed by atoms with Crippen molar-refractivity contribution in [3.05, 3.63) is 29.8 Å². The average molecular weight is 237 g/mol. The van der Waals surface area contributed by atoms with E-state index in [1.807, 2.05) is 12.1 Å². The van der Waals surface area contributed by atoms with Crippen LogP contribution in [0.5, 0.6) is 0 Å². The van der Waals surface area contributed by atoms with E-state index >= 15 is 0 Å². The molecule has 6 heteroatoms. The number of amidine groups is 1. The quantitative estimate of drug-likeness (QED) is 0.307. The molecule has 6 nitrogen and oxygen atoms in total. The van der Waals surface area contributed by atoms with E-state index < -0.39 is 0 Å². The van der Waals surface area contributed by atoms with Gasteiger partial charge in [0.2, 0.25) is 5.91 Å². The van der Waals surface area contributed by atoms with Crippen molar-refractivity contribution in [3.8, 4) is 0 Å². The number of nitrogens with two attached hydrogens (primary N) is 1. The molecule has 0 aliphatic heterocycles. The number of carbonyl (C=O) groups is 1. The molecular weight excluding hydrogens is 222 g/mol. The Balaban J connectivity index is 2.62. The van der Waals surface area contributed by atoms with Crippen LogP contribution in [-0.4, -0.2) is 24.1 Å². The minimum absolute atomic E-state index is 0.129. The van der Waals surface area contributed by atoms with Crippen molar-refractivity contribution in [1.29, 1.82) is 0 Å². The lowest BCUT2D eigenvalue weighted by Gasteiger charge is -2.06. The lowest BCUT2D eigenvalue weighted by molar-refractivity contribution is -0.115. The van der Waals surface area contributed by atoms with Gasteiger partial charge in [0, 0.05) is 12.8 Å². The van der Waals surface area contributed by atoms with Crippen LogP contribution in [0.1, 0.15) is 12.0 Å². The SMILES string of the molecule is COCc1cccc(NC(=O)CC(N)=NO)c1. The summed E-state index contributed by atoms with van der Waals surface area (Å²) in [5.41, 5.74) is 6.83. The Bertz CT molecular complexity index is 418. The summed E-state index contributed by atoms with van der Waals surface area (Å²) in [4.78, 5) is 11.4. The zero-order valence-electron chi connectivity index (χ0n) is 9.51. The first-order valence-electron chi connectivity index (χ1n) is 5.00. The van der Waals surface area contributed by atoms with Gasteiger partial charge in [0.25, 0.3) is 0 Å². The second-order valence-corrected chi connectivity index (χ2v) is 3.45. The number of carbonyl (C=O) groups excluding carboxylic acids is 1. The Labute approximate surface area is 99.1 Å². The van der Waals surface area contributed by atoms with Crippen molar-refractivity contribution in [1.82, 2.24) is 0 Å². The number of hydrogen-bond donors (Lipinski definition) is 3. The van der Waals surface area contributed by atoms with Gasteiger partial charge in [-0.2, -0.15) is 0 Å². The van der Waals surface area contributed by atoms with Crippen molar-refractivity contribution >= 4 is 17.4 Å². The standard InChI is InChI=1S/C11H15N3O3/c1-17-7-8-3-2-4-9(5-8)13-11(15)6-10(12)14-16/h2-5,16H,6-7H2,1H3,(H2,12,14)(H,13,15). The van der Waals surface area contributed by atoms with Crippen LogP contribution in [0.4, 0.5) is 5.69 Å². The molecule has 0 spiro atoms. The first-order valence-corrected chi connectivity index (χ1v) is 5.00. The van der Waals surface area contributed by atoms with Crippen molar-refractivity contribution in [2.75, 3.05) is 12.4 Å². The molecule has 0 aromatic heterocycles. The van der Waals surface area contributed by atoms with E-state index in [1.165, 1.54) is 0 Å². The third-order valence-electron chi connectivity index (χ3n) is 1.99. The number of oxime groups is 1. The summed E-state index contributed by atoms with van der Waals surface area (Å²) in [7, 11) is 1.60. The van der Waals surface area contributed by atoms with E-state index in [1.54, 1.807) is 19.2 Å². The van der Waals surface area contributed by atoms with Crippen LogP contribution < -0.4 is 11.1 Å². The number of nitrogens with one attached hydrogen (secondary N) is 1. The first kappa shape index (κ1) is 13.0. The highest BCUT2D eigenvalue weighted by atomic mass is 16.5. The van der Waals surface area contributed by atoms with E-state index in [2.05, 4.69) is 10.5 Å². The Morgan fingerprint density at radius 3 is 3.00 bits per heavy atom. The third-order valence-corrected chi connectivity index (χ3v) is 1.99. The lowest BCUT2D eigenvalue weighted by atomic mass is 10.2. The van der Waals surface area contributed by atoms with Gasteiger partial charge in [-0.3, -0.25) is 4.79 Å².